The number of hydrogen-bond acceptors (Lipinski definition) is 3. The highest BCUT2D eigenvalue weighted by Crippen LogP contribution is 2.22. The van der Waals surface area contributed by atoms with Gasteiger partial charge in [0.15, 0.2) is 0 Å². The van der Waals surface area contributed by atoms with Gasteiger partial charge in [-0.3, -0.25) is 9.78 Å². The van der Waals surface area contributed by atoms with Crippen molar-refractivity contribution in [3.8, 4) is 11.3 Å². The highest BCUT2D eigenvalue weighted by Gasteiger charge is 2.12. The minimum Gasteiger partial charge on any atom is -0.306 e. The molecule has 0 unspecified atom stereocenters. The monoisotopic (exact) mass is 381 g/mol. The molecule has 2 heterocycles. The van der Waals surface area contributed by atoms with Gasteiger partial charge in [-0.25, -0.2) is 4.98 Å². The minimum atomic E-state index is -0.209. The van der Waals surface area contributed by atoms with E-state index in [1.807, 2.05) is 56.3 Å². The Morgan fingerprint density at radius 3 is 2.50 bits per heavy atom. The number of hydrogen-bond donors (Lipinski definition) is 1. The Balaban J connectivity index is 1.85. The van der Waals surface area contributed by atoms with Crippen LogP contribution in [0.5, 0.6) is 0 Å². The molecule has 120 valence electrons. The van der Waals surface area contributed by atoms with Crippen LogP contribution in [0.1, 0.15) is 21.7 Å². The smallest absolute Gasteiger partial charge is 0.258 e. The number of pyridine rings is 2. The molecule has 1 aromatic carbocycles. The topological polar surface area (TPSA) is 54.9 Å². The maximum absolute atomic E-state index is 12.4. The van der Waals surface area contributed by atoms with Gasteiger partial charge in [-0.1, -0.05) is 34.1 Å². The first-order chi connectivity index (χ1) is 11.5. The van der Waals surface area contributed by atoms with E-state index < -0.39 is 0 Å². The molecule has 2 aromatic heterocycles. The van der Waals surface area contributed by atoms with Crippen LogP contribution in [0, 0.1) is 13.8 Å². The summed E-state index contributed by atoms with van der Waals surface area (Å²) in [5, 5.41) is 2.81. The van der Waals surface area contributed by atoms with Crippen LogP contribution in [0.2, 0.25) is 0 Å². The van der Waals surface area contributed by atoms with Crippen molar-refractivity contribution in [3.05, 3.63) is 76.0 Å². The van der Waals surface area contributed by atoms with E-state index in [1.165, 1.54) is 0 Å². The second-order valence-electron chi connectivity index (χ2n) is 5.46. The number of halogens is 1. The zero-order chi connectivity index (χ0) is 17.1. The number of nitrogens with one attached hydrogen (secondary N) is 1. The zero-order valence-electron chi connectivity index (χ0n) is 13.4. The van der Waals surface area contributed by atoms with E-state index in [-0.39, 0.29) is 5.91 Å². The fraction of sp³-hybridized carbons (Fsp3) is 0.105. The molecule has 1 N–H and O–H groups in total. The quantitative estimate of drug-likeness (QED) is 0.710. The van der Waals surface area contributed by atoms with Gasteiger partial charge in [0.05, 0.1) is 17.0 Å². The molecule has 3 rings (SSSR count). The predicted octanol–water partition coefficient (Wildman–Crippen LogP) is 4.78. The Morgan fingerprint density at radius 2 is 1.79 bits per heavy atom. The Labute approximate surface area is 149 Å². The summed E-state index contributed by atoms with van der Waals surface area (Å²) in [7, 11) is 0. The van der Waals surface area contributed by atoms with Crippen LogP contribution in [-0.2, 0) is 0 Å². The van der Waals surface area contributed by atoms with E-state index in [4.69, 9.17) is 0 Å². The number of amides is 1. The number of rotatable bonds is 3. The fourth-order valence-electron chi connectivity index (χ4n) is 2.41. The second kappa shape index (κ2) is 6.93. The van der Waals surface area contributed by atoms with Gasteiger partial charge >= 0.3 is 0 Å². The van der Waals surface area contributed by atoms with Crippen LogP contribution in [0.4, 0.5) is 5.82 Å². The van der Waals surface area contributed by atoms with Crippen molar-refractivity contribution in [2.45, 2.75) is 13.8 Å². The molecule has 0 aliphatic heterocycles. The highest BCUT2D eigenvalue weighted by atomic mass is 79.9. The summed E-state index contributed by atoms with van der Waals surface area (Å²) in [6, 6.07) is 17.1. The lowest BCUT2D eigenvalue weighted by Crippen LogP contribution is -2.15. The lowest BCUT2D eigenvalue weighted by atomic mass is 10.1. The van der Waals surface area contributed by atoms with Crippen LogP contribution in [0.3, 0.4) is 0 Å². The number of carbonyl (C=O) groups excluding carboxylic acids is 1. The van der Waals surface area contributed by atoms with E-state index in [0.29, 0.717) is 17.1 Å². The number of anilines is 1. The Kier molecular flexibility index (Phi) is 4.71. The molecule has 0 radical (unpaired) electrons. The van der Waals surface area contributed by atoms with Crippen molar-refractivity contribution >= 4 is 27.7 Å². The molecule has 0 spiro atoms. The summed E-state index contributed by atoms with van der Waals surface area (Å²) >= 11 is 3.46. The highest BCUT2D eigenvalue weighted by molar-refractivity contribution is 9.10. The van der Waals surface area contributed by atoms with Gasteiger partial charge in [0.2, 0.25) is 0 Å². The zero-order valence-corrected chi connectivity index (χ0v) is 15.0. The molecule has 3 aromatic rings. The summed E-state index contributed by atoms with van der Waals surface area (Å²) < 4.78 is 0.992. The molecule has 4 nitrogen and oxygen atoms in total. The molecule has 24 heavy (non-hydrogen) atoms. The van der Waals surface area contributed by atoms with Crippen LogP contribution in [0.15, 0.2) is 59.1 Å². The summed E-state index contributed by atoms with van der Waals surface area (Å²) in [6.45, 7) is 3.72. The van der Waals surface area contributed by atoms with Gasteiger partial charge in [0, 0.05) is 15.7 Å². The van der Waals surface area contributed by atoms with Gasteiger partial charge < -0.3 is 5.32 Å². The molecular formula is C19H16BrN3O. The van der Waals surface area contributed by atoms with Gasteiger partial charge in [0.25, 0.3) is 5.91 Å². The lowest BCUT2D eigenvalue weighted by Gasteiger charge is -2.09. The SMILES string of the molecule is Cc1cccc(NC(=O)c2ccc(-c3cccc(Br)c3)nc2C)n1. The minimum absolute atomic E-state index is 0.209. The molecule has 1 amide bonds. The molecular weight excluding hydrogens is 366 g/mol. The van der Waals surface area contributed by atoms with Gasteiger partial charge in [0.1, 0.15) is 5.82 Å². The van der Waals surface area contributed by atoms with Crippen molar-refractivity contribution in [2.75, 3.05) is 5.32 Å². The van der Waals surface area contributed by atoms with Crippen LogP contribution in [-0.4, -0.2) is 15.9 Å². The number of aromatic nitrogens is 2. The van der Waals surface area contributed by atoms with Crippen molar-refractivity contribution in [1.29, 1.82) is 0 Å². The Morgan fingerprint density at radius 1 is 1.00 bits per heavy atom. The largest absolute Gasteiger partial charge is 0.306 e. The standard InChI is InChI=1S/C19H16BrN3O/c1-12-5-3-8-18(21-12)23-19(24)16-9-10-17(22-13(16)2)14-6-4-7-15(20)11-14/h3-11H,1-2H3,(H,21,23,24). The average molecular weight is 382 g/mol. The average Bonchev–Trinajstić information content (AvgIpc) is 2.54. The van der Waals surface area contributed by atoms with Crippen molar-refractivity contribution < 1.29 is 4.79 Å². The molecule has 0 saturated heterocycles. The van der Waals surface area contributed by atoms with E-state index in [0.717, 1.165) is 21.4 Å². The van der Waals surface area contributed by atoms with Crippen molar-refractivity contribution in [2.24, 2.45) is 0 Å². The molecule has 0 atom stereocenters. The summed E-state index contributed by atoms with van der Waals surface area (Å²) in [5.74, 6) is 0.328. The maximum atomic E-state index is 12.4. The molecule has 5 heteroatoms. The molecule has 0 aliphatic carbocycles. The summed E-state index contributed by atoms with van der Waals surface area (Å²) in [4.78, 5) is 21.3. The number of aryl methyl sites for hydroxylation is 2. The third kappa shape index (κ3) is 3.68. The number of benzene rings is 1. The van der Waals surface area contributed by atoms with E-state index in [1.54, 1.807) is 12.1 Å². The first-order valence-corrected chi connectivity index (χ1v) is 8.31. The molecule has 0 aliphatic rings. The van der Waals surface area contributed by atoms with Crippen molar-refractivity contribution in [3.63, 3.8) is 0 Å². The van der Waals surface area contributed by atoms with Crippen LogP contribution < -0.4 is 5.32 Å². The third-order valence-corrected chi connectivity index (χ3v) is 4.07. The summed E-state index contributed by atoms with van der Waals surface area (Å²) in [5.41, 5.74) is 3.90. The third-order valence-electron chi connectivity index (χ3n) is 3.58. The predicted molar refractivity (Wildman–Crippen MR) is 99.0 cm³/mol. The van der Waals surface area contributed by atoms with Crippen LogP contribution >= 0.6 is 15.9 Å². The first-order valence-electron chi connectivity index (χ1n) is 7.51. The number of nitrogens with zero attached hydrogens (tertiary/aromatic N) is 2. The van der Waals surface area contributed by atoms with E-state index >= 15 is 0 Å². The number of carbonyl (C=O) groups is 1. The first kappa shape index (κ1) is 16.3. The molecule has 0 fully saturated rings. The fourth-order valence-corrected chi connectivity index (χ4v) is 2.81. The van der Waals surface area contributed by atoms with Gasteiger partial charge in [-0.2, -0.15) is 0 Å². The van der Waals surface area contributed by atoms with Crippen molar-refractivity contribution in [1.82, 2.24) is 9.97 Å². The summed E-state index contributed by atoms with van der Waals surface area (Å²) in [6.07, 6.45) is 0. The van der Waals surface area contributed by atoms with Gasteiger partial charge in [-0.05, 0) is 50.2 Å². The van der Waals surface area contributed by atoms with E-state index in [9.17, 15) is 4.79 Å². The Hall–Kier alpha value is -2.53. The lowest BCUT2D eigenvalue weighted by molar-refractivity contribution is 0.102. The second-order valence-corrected chi connectivity index (χ2v) is 6.37. The molecule has 0 bridgehead atoms. The van der Waals surface area contributed by atoms with E-state index in [2.05, 4.69) is 31.2 Å². The normalized spacial score (nSPS) is 10.5. The Bertz CT molecular complexity index is 909. The van der Waals surface area contributed by atoms with Gasteiger partial charge in [-0.15, -0.1) is 0 Å². The molecule has 0 saturated carbocycles. The maximum Gasteiger partial charge on any atom is 0.258 e. The van der Waals surface area contributed by atoms with Crippen LogP contribution in [0.25, 0.3) is 11.3 Å².